The predicted octanol–water partition coefficient (Wildman–Crippen LogP) is 3.16. The van der Waals surface area contributed by atoms with Crippen molar-refractivity contribution in [1.82, 2.24) is 15.6 Å². The molecule has 2 N–H and O–H groups in total. The van der Waals surface area contributed by atoms with Gasteiger partial charge < -0.3 is 24.8 Å². The number of benzene rings is 1. The fraction of sp³-hybridized carbons (Fsp3) is 0.500. The molecule has 0 radical (unpaired) electrons. The summed E-state index contributed by atoms with van der Waals surface area (Å²) >= 11 is 0. The van der Waals surface area contributed by atoms with Gasteiger partial charge in [-0.3, -0.25) is 0 Å². The van der Waals surface area contributed by atoms with Crippen molar-refractivity contribution in [1.29, 1.82) is 0 Å². The second-order valence-electron chi connectivity index (χ2n) is 7.52. The van der Waals surface area contributed by atoms with Crippen LogP contribution in [0, 0.1) is 5.92 Å². The van der Waals surface area contributed by atoms with E-state index in [0.29, 0.717) is 24.9 Å². The largest absolute Gasteiger partial charge is 0.473 e. The van der Waals surface area contributed by atoms with Crippen molar-refractivity contribution in [2.75, 3.05) is 39.5 Å². The molecule has 3 rings (SSSR count). The highest BCUT2D eigenvalue weighted by atomic mass is 16.5. The van der Waals surface area contributed by atoms with E-state index in [1.165, 1.54) is 0 Å². The Morgan fingerprint density at radius 2 is 2.10 bits per heavy atom. The van der Waals surface area contributed by atoms with Crippen LogP contribution in [0.5, 0.6) is 5.88 Å². The number of hydrogen-bond donors (Lipinski definition) is 2. The minimum atomic E-state index is 0.486. The van der Waals surface area contributed by atoms with Gasteiger partial charge in [0.15, 0.2) is 5.96 Å². The van der Waals surface area contributed by atoms with Crippen molar-refractivity contribution in [3.8, 4) is 5.88 Å². The molecule has 2 aromatic rings. The molecule has 1 aliphatic heterocycles. The van der Waals surface area contributed by atoms with Crippen LogP contribution in [-0.4, -0.2) is 50.5 Å². The quantitative estimate of drug-likeness (QED) is 0.308. The van der Waals surface area contributed by atoms with Crippen LogP contribution in [-0.2, 0) is 22.6 Å². The molecule has 1 unspecified atom stereocenters. The molecule has 0 aliphatic carbocycles. The summed E-state index contributed by atoms with van der Waals surface area (Å²) in [5.74, 6) is 1.96. The average molecular weight is 427 g/mol. The van der Waals surface area contributed by atoms with Crippen molar-refractivity contribution < 1.29 is 14.2 Å². The Morgan fingerprint density at radius 1 is 1.19 bits per heavy atom. The standard InChI is InChI=1S/C24H34N4O3/c1-2-25-24(27-13-7-14-29-17-21-11-15-30-18-21)28-16-22-10-6-12-26-23(22)31-19-20-8-4-3-5-9-20/h3-6,8-10,12,21H,2,7,11,13-19H2,1H3,(H2,25,27,28). The molecule has 2 heterocycles. The summed E-state index contributed by atoms with van der Waals surface area (Å²) in [6.07, 6.45) is 3.78. The SMILES string of the molecule is CCNC(=NCc1cccnc1OCc1ccccc1)NCCCOCC1CCOC1. The van der Waals surface area contributed by atoms with Crippen LogP contribution < -0.4 is 15.4 Å². The maximum absolute atomic E-state index is 5.94. The zero-order chi connectivity index (χ0) is 21.6. The molecule has 1 saturated heterocycles. The molecule has 1 atom stereocenters. The molecule has 1 aromatic carbocycles. The minimum Gasteiger partial charge on any atom is -0.473 e. The van der Waals surface area contributed by atoms with E-state index in [4.69, 9.17) is 19.2 Å². The Hall–Kier alpha value is -2.64. The average Bonchev–Trinajstić information content (AvgIpc) is 3.33. The van der Waals surface area contributed by atoms with Crippen molar-refractivity contribution >= 4 is 5.96 Å². The Morgan fingerprint density at radius 3 is 2.90 bits per heavy atom. The lowest BCUT2D eigenvalue weighted by Crippen LogP contribution is -2.38. The summed E-state index contributed by atoms with van der Waals surface area (Å²) in [7, 11) is 0. The molecule has 1 aliphatic rings. The van der Waals surface area contributed by atoms with Gasteiger partial charge >= 0.3 is 0 Å². The number of hydrogen-bond acceptors (Lipinski definition) is 5. The zero-order valence-electron chi connectivity index (χ0n) is 18.4. The number of guanidine groups is 1. The van der Waals surface area contributed by atoms with Gasteiger partial charge in [-0.2, -0.15) is 0 Å². The number of aliphatic imine (C=N–C) groups is 1. The van der Waals surface area contributed by atoms with Crippen molar-refractivity contribution in [2.45, 2.75) is 32.9 Å². The van der Waals surface area contributed by atoms with E-state index in [1.54, 1.807) is 6.20 Å². The summed E-state index contributed by atoms with van der Waals surface area (Å²) in [6.45, 7) is 7.87. The highest BCUT2D eigenvalue weighted by molar-refractivity contribution is 5.79. The van der Waals surface area contributed by atoms with Crippen LogP contribution in [0.4, 0.5) is 0 Å². The molecule has 0 saturated carbocycles. The number of aromatic nitrogens is 1. The fourth-order valence-electron chi connectivity index (χ4n) is 3.25. The normalized spacial score (nSPS) is 16.3. The highest BCUT2D eigenvalue weighted by Gasteiger charge is 2.15. The highest BCUT2D eigenvalue weighted by Crippen LogP contribution is 2.17. The van der Waals surface area contributed by atoms with E-state index in [9.17, 15) is 0 Å². The minimum absolute atomic E-state index is 0.486. The molecule has 0 bridgehead atoms. The smallest absolute Gasteiger partial charge is 0.218 e. The molecule has 31 heavy (non-hydrogen) atoms. The Balaban J connectivity index is 1.43. The van der Waals surface area contributed by atoms with E-state index in [2.05, 4.69) is 22.5 Å². The van der Waals surface area contributed by atoms with Gasteiger partial charge in [0.1, 0.15) is 6.61 Å². The summed E-state index contributed by atoms with van der Waals surface area (Å²) in [4.78, 5) is 9.09. The van der Waals surface area contributed by atoms with E-state index < -0.39 is 0 Å². The Labute approximate surface area is 185 Å². The third-order valence-electron chi connectivity index (χ3n) is 4.96. The summed E-state index contributed by atoms with van der Waals surface area (Å²) in [5, 5.41) is 6.66. The second kappa shape index (κ2) is 13.6. The Kier molecular flexibility index (Phi) is 10.1. The van der Waals surface area contributed by atoms with E-state index in [-0.39, 0.29) is 0 Å². The number of rotatable bonds is 12. The second-order valence-corrected chi connectivity index (χ2v) is 7.52. The van der Waals surface area contributed by atoms with Crippen LogP contribution in [0.25, 0.3) is 0 Å². The number of nitrogens with zero attached hydrogens (tertiary/aromatic N) is 2. The van der Waals surface area contributed by atoms with Crippen LogP contribution in [0.2, 0.25) is 0 Å². The number of ether oxygens (including phenoxy) is 3. The van der Waals surface area contributed by atoms with Gasteiger partial charge in [0.2, 0.25) is 5.88 Å². The molecule has 0 amide bonds. The first-order chi connectivity index (χ1) is 15.3. The van der Waals surface area contributed by atoms with Crippen LogP contribution in [0.15, 0.2) is 53.7 Å². The van der Waals surface area contributed by atoms with Crippen LogP contribution >= 0.6 is 0 Å². The topological polar surface area (TPSA) is 77.0 Å². The maximum Gasteiger partial charge on any atom is 0.218 e. The first-order valence-corrected chi connectivity index (χ1v) is 11.1. The molecule has 0 spiro atoms. The number of nitrogens with one attached hydrogen (secondary N) is 2. The molecule has 1 fully saturated rings. The Bertz CT molecular complexity index is 779. The van der Waals surface area contributed by atoms with E-state index >= 15 is 0 Å². The lowest BCUT2D eigenvalue weighted by molar-refractivity contribution is 0.0888. The molecule has 7 nitrogen and oxygen atoms in total. The first-order valence-electron chi connectivity index (χ1n) is 11.1. The summed E-state index contributed by atoms with van der Waals surface area (Å²) in [5.41, 5.74) is 2.07. The van der Waals surface area contributed by atoms with Gasteiger partial charge in [-0.05, 0) is 31.4 Å². The maximum atomic E-state index is 5.94. The third kappa shape index (κ3) is 8.55. The van der Waals surface area contributed by atoms with Crippen LogP contribution in [0.3, 0.4) is 0 Å². The lowest BCUT2D eigenvalue weighted by Gasteiger charge is -2.13. The zero-order valence-corrected chi connectivity index (χ0v) is 18.4. The third-order valence-corrected chi connectivity index (χ3v) is 4.96. The summed E-state index contributed by atoms with van der Waals surface area (Å²) < 4.78 is 17.1. The monoisotopic (exact) mass is 426 g/mol. The molecular formula is C24H34N4O3. The first kappa shape index (κ1) is 23.0. The molecule has 7 heteroatoms. The van der Waals surface area contributed by atoms with E-state index in [0.717, 1.165) is 69.4 Å². The van der Waals surface area contributed by atoms with Crippen molar-refractivity contribution in [2.24, 2.45) is 10.9 Å². The van der Waals surface area contributed by atoms with Gasteiger partial charge in [-0.15, -0.1) is 0 Å². The van der Waals surface area contributed by atoms with E-state index in [1.807, 2.05) is 42.5 Å². The lowest BCUT2D eigenvalue weighted by atomic mass is 10.1. The summed E-state index contributed by atoms with van der Waals surface area (Å²) in [6, 6.07) is 14.0. The van der Waals surface area contributed by atoms with Gasteiger partial charge in [-0.1, -0.05) is 36.4 Å². The van der Waals surface area contributed by atoms with Crippen molar-refractivity contribution in [3.63, 3.8) is 0 Å². The number of pyridine rings is 1. The van der Waals surface area contributed by atoms with Gasteiger partial charge in [0.05, 0.1) is 19.8 Å². The van der Waals surface area contributed by atoms with Crippen molar-refractivity contribution in [3.05, 3.63) is 59.8 Å². The van der Waals surface area contributed by atoms with Gasteiger partial charge in [0.25, 0.3) is 0 Å². The van der Waals surface area contributed by atoms with Gasteiger partial charge in [0, 0.05) is 44.0 Å². The van der Waals surface area contributed by atoms with Crippen LogP contribution in [0.1, 0.15) is 30.9 Å². The fourth-order valence-corrected chi connectivity index (χ4v) is 3.25. The molecule has 1 aromatic heterocycles. The molecular weight excluding hydrogens is 392 g/mol. The van der Waals surface area contributed by atoms with Gasteiger partial charge in [-0.25, -0.2) is 9.98 Å². The molecule has 168 valence electrons. The predicted molar refractivity (Wildman–Crippen MR) is 122 cm³/mol.